The van der Waals surface area contributed by atoms with Crippen molar-refractivity contribution in [1.82, 2.24) is 24.5 Å². The van der Waals surface area contributed by atoms with E-state index in [4.69, 9.17) is 4.74 Å². The number of aryl methyl sites for hydroxylation is 1. The summed E-state index contributed by atoms with van der Waals surface area (Å²) in [6.45, 7) is 15.5. The summed E-state index contributed by atoms with van der Waals surface area (Å²) in [6.07, 6.45) is 7.64. The maximum absolute atomic E-state index is 6.34. The van der Waals surface area contributed by atoms with Crippen LogP contribution >= 0.6 is 0 Å². The van der Waals surface area contributed by atoms with Crippen LogP contribution < -0.4 is 4.74 Å². The van der Waals surface area contributed by atoms with Gasteiger partial charge in [-0.2, -0.15) is 0 Å². The van der Waals surface area contributed by atoms with Gasteiger partial charge >= 0.3 is 0 Å². The molecule has 0 unspecified atom stereocenters. The summed E-state index contributed by atoms with van der Waals surface area (Å²) in [6, 6.07) is 6.51. The van der Waals surface area contributed by atoms with E-state index in [2.05, 4.69) is 79.1 Å². The number of nitrogens with zero attached hydrogens (tertiary/aromatic N) is 4. The van der Waals surface area contributed by atoms with Crippen LogP contribution in [0.1, 0.15) is 62.6 Å². The van der Waals surface area contributed by atoms with Crippen LogP contribution in [-0.2, 0) is 0 Å². The molecule has 0 radical (unpaired) electrons. The largest absolute Gasteiger partial charge is 0.493 e. The third kappa shape index (κ3) is 4.20. The van der Waals surface area contributed by atoms with E-state index in [1.165, 1.54) is 66.7 Å². The van der Waals surface area contributed by atoms with E-state index in [9.17, 15) is 0 Å². The fourth-order valence-corrected chi connectivity index (χ4v) is 5.46. The minimum atomic E-state index is 0.373. The van der Waals surface area contributed by atoms with Gasteiger partial charge in [0.05, 0.1) is 12.3 Å². The van der Waals surface area contributed by atoms with Gasteiger partial charge in [-0.25, -0.2) is 0 Å². The molecule has 3 aromatic heterocycles. The van der Waals surface area contributed by atoms with Crippen LogP contribution in [0.5, 0.6) is 5.75 Å². The van der Waals surface area contributed by atoms with Gasteiger partial charge < -0.3 is 14.6 Å². The van der Waals surface area contributed by atoms with Crippen LogP contribution in [0.2, 0.25) is 0 Å². The first-order valence-corrected chi connectivity index (χ1v) is 12.8. The van der Waals surface area contributed by atoms with Crippen molar-refractivity contribution in [3.05, 3.63) is 47.4 Å². The average molecular weight is 460 g/mol. The zero-order chi connectivity index (χ0) is 23.8. The molecule has 4 heterocycles. The Morgan fingerprint density at radius 3 is 2.68 bits per heavy atom. The summed E-state index contributed by atoms with van der Waals surface area (Å²) in [5.41, 5.74) is 8.19. The first-order valence-electron chi connectivity index (χ1n) is 12.8. The number of hydrogen-bond acceptors (Lipinski definition) is 4. The van der Waals surface area contributed by atoms with E-state index >= 15 is 0 Å². The molecule has 5 rings (SSSR count). The number of rotatable bonds is 7. The second-order valence-corrected chi connectivity index (χ2v) is 10.2. The highest BCUT2D eigenvalue weighted by molar-refractivity contribution is 5.93. The molecule has 1 aliphatic rings. The Morgan fingerprint density at radius 2 is 1.94 bits per heavy atom. The number of pyridine rings is 1. The molecule has 1 aliphatic heterocycles. The number of likely N-dealkylation sites (tertiary alicyclic amines) is 1. The number of nitrogens with one attached hydrogen (secondary N) is 1. The van der Waals surface area contributed by atoms with Crippen LogP contribution in [0.15, 0.2) is 30.7 Å². The Morgan fingerprint density at radius 1 is 1.15 bits per heavy atom. The number of aromatic amines is 1. The predicted molar refractivity (Wildman–Crippen MR) is 139 cm³/mol. The van der Waals surface area contributed by atoms with E-state index in [0.717, 1.165) is 29.1 Å². The molecule has 1 fully saturated rings. The highest BCUT2D eigenvalue weighted by Gasteiger charge is 2.22. The molecule has 0 amide bonds. The number of benzene rings is 1. The Kier molecular flexibility index (Phi) is 6.34. The van der Waals surface area contributed by atoms with Crippen molar-refractivity contribution in [2.24, 2.45) is 5.92 Å². The van der Waals surface area contributed by atoms with Gasteiger partial charge in [-0.3, -0.25) is 4.40 Å². The predicted octanol–water partition coefficient (Wildman–Crippen LogP) is 6.12. The van der Waals surface area contributed by atoms with Crippen molar-refractivity contribution in [1.29, 1.82) is 0 Å². The second kappa shape index (κ2) is 9.41. The first-order chi connectivity index (χ1) is 16.5. The fraction of sp³-hybridized carbons (Fsp3) is 0.500. The molecule has 6 nitrogen and oxygen atoms in total. The minimum absolute atomic E-state index is 0.373. The van der Waals surface area contributed by atoms with Crippen molar-refractivity contribution in [2.45, 2.75) is 59.8 Å². The van der Waals surface area contributed by atoms with E-state index in [0.29, 0.717) is 11.8 Å². The molecular formula is C28H37N5O. The van der Waals surface area contributed by atoms with Crippen molar-refractivity contribution < 1.29 is 4.74 Å². The molecule has 0 bridgehead atoms. The van der Waals surface area contributed by atoms with Crippen LogP contribution in [-0.4, -0.2) is 50.7 Å². The van der Waals surface area contributed by atoms with Gasteiger partial charge in [0.1, 0.15) is 12.1 Å². The SMILES string of the molecule is CCCN1CCC(COc2ccc3[nH]c(-c4cn5cnnc5c(C)c4C)c(C(C)C)c3c2)CC1. The van der Waals surface area contributed by atoms with Crippen LogP contribution in [0.4, 0.5) is 0 Å². The summed E-state index contributed by atoms with van der Waals surface area (Å²) < 4.78 is 8.36. The lowest BCUT2D eigenvalue weighted by atomic mass is 9.94. The quantitative estimate of drug-likeness (QED) is 0.362. The maximum Gasteiger partial charge on any atom is 0.163 e. The van der Waals surface area contributed by atoms with Gasteiger partial charge in [0.2, 0.25) is 0 Å². The number of ether oxygens (including phenoxy) is 1. The van der Waals surface area contributed by atoms with Crippen molar-refractivity contribution in [2.75, 3.05) is 26.2 Å². The highest BCUT2D eigenvalue weighted by atomic mass is 16.5. The van der Waals surface area contributed by atoms with Crippen molar-refractivity contribution in [3.8, 4) is 17.0 Å². The highest BCUT2D eigenvalue weighted by Crippen LogP contribution is 2.39. The normalized spacial score (nSPS) is 15.7. The van der Waals surface area contributed by atoms with Crippen molar-refractivity contribution >= 4 is 16.6 Å². The Bertz CT molecular complexity index is 1290. The monoisotopic (exact) mass is 459 g/mol. The summed E-state index contributed by atoms with van der Waals surface area (Å²) in [5.74, 6) is 1.99. The molecule has 6 heteroatoms. The number of H-pyrrole nitrogens is 1. The van der Waals surface area contributed by atoms with Crippen LogP contribution in [0, 0.1) is 19.8 Å². The smallest absolute Gasteiger partial charge is 0.163 e. The molecule has 1 saturated heterocycles. The molecule has 1 N–H and O–H groups in total. The lowest BCUT2D eigenvalue weighted by molar-refractivity contribution is 0.141. The van der Waals surface area contributed by atoms with Gasteiger partial charge in [-0.15, -0.1) is 10.2 Å². The summed E-state index contributed by atoms with van der Waals surface area (Å²) in [4.78, 5) is 6.30. The summed E-state index contributed by atoms with van der Waals surface area (Å²) >= 11 is 0. The average Bonchev–Trinajstić information content (AvgIpc) is 3.45. The molecule has 34 heavy (non-hydrogen) atoms. The zero-order valence-corrected chi connectivity index (χ0v) is 21.2. The molecule has 180 valence electrons. The molecule has 0 saturated carbocycles. The van der Waals surface area contributed by atoms with Gasteiger partial charge in [-0.05, 0) is 99.5 Å². The number of hydrogen-bond donors (Lipinski definition) is 1. The lowest BCUT2D eigenvalue weighted by Gasteiger charge is -2.31. The third-order valence-corrected chi connectivity index (χ3v) is 7.53. The van der Waals surface area contributed by atoms with Crippen LogP contribution in [0.3, 0.4) is 0 Å². The molecular weight excluding hydrogens is 422 g/mol. The van der Waals surface area contributed by atoms with Crippen LogP contribution in [0.25, 0.3) is 27.8 Å². The minimum Gasteiger partial charge on any atom is -0.493 e. The van der Waals surface area contributed by atoms with E-state index in [-0.39, 0.29) is 0 Å². The third-order valence-electron chi connectivity index (χ3n) is 7.53. The maximum atomic E-state index is 6.34. The van der Waals surface area contributed by atoms with Crippen molar-refractivity contribution in [3.63, 3.8) is 0 Å². The van der Waals surface area contributed by atoms with Gasteiger partial charge in [0.25, 0.3) is 0 Å². The lowest BCUT2D eigenvalue weighted by Crippen LogP contribution is -2.35. The topological polar surface area (TPSA) is 58.5 Å². The fourth-order valence-electron chi connectivity index (χ4n) is 5.46. The van der Waals surface area contributed by atoms with E-state index in [1.54, 1.807) is 6.33 Å². The number of fused-ring (bicyclic) bond motifs is 2. The summed E-state index contributed by atoms with van der Waals surface area (Å²) in [7, 11) is 0. The summed E-state index contributed by atoms with van der Waals surface area (Å²) in [5, 5.41) is 9.64. The molecule has 4 aromatic rings. The second-order valence-electron chi connectivity index (χ2n) is 10.2. The Balaban J connectivity index is 1.44. The standard InChI is InChI=1S/C28H37N5O/c1-6-11-32-12-9-21(10-13-32)16-34-22-7-8-25-23(14-22)26(18(2)3)27(30-25)24-15-33-17-29-31-28(33)20(5)19(24)4/h7-8,14-15,17-18,21,30H,6,9-13,16H2,1-5H3. The Hall–Kier alpha value is -2.86. The molecule has 0 spiro atoms. The first kappa shape index (κ1) is 22.9. The van der Waals surface area contributed by atoms with E-state index in [1.807, 2.05) is 4.40 Å². The zero-order valence-electron chi connectivity index (χ0n) is 21.2. The number of piperidine rings is 1. The van der Waals surface area contributed by atoms with E-state index < -0.39 is 0 Å². The van der Waals surface area contributed by atoms with Gasteiger partial charge in [-0.1, -0.05) is 20.8 Å². The molecule has 1 aromatic carbocycles. The Labute approximate surface area is 202 Å². The molecule has 0 atom stereocenters. The molecule has 0 aliphatic carbocycles. The van der Waals surface area contributed by atoms with Gasteiger partial charge in [0, 0.05) is 22.7 Å². The number of aromatic nitrogens is 4. The van der Waals surface area contributed by atoms with Gasteiger partial charge in [0.15, 0.2) is 5.65 Å².